The molecule has 1 spiro atoms. The summed E-state index contributed by atoms with van der Waals surface area (Å²) in [6.07, 6.45) is 3.34. The van der Waals surface area contributed by atoms with Crippen LogP contribution in [-0.2, 0) is 11.3 Å². The second kappa shape index (κ2) is 10.4. The Morgan fingerprint density at radius 1 is 1.13 bits per heavy atom. The summed E-state index contributed by atoms with van der Waals surface area (Å²) in [5, 5.41) is 16.3. The molecule has 3 aromatic rings. The molecule has 1 saturated carbocycles. The molecule has 198 valence electrons. The maximum Gasteiger partial charge on any atom is 0.275 e. The molecule has 3 atom stereocenters. The molecule has 1 aliphatic carbocycles. The topological polar surface area (TPSA) is 116 Å². The second-order valence-corrected chi connectivity index (χ2v) is 10.5. The zero-order chi connectivity index (χ0) is 26.9. The van der Waals surface area contributed by atoms with Crippen molar-refractivity contribution >= 4 is 17.5 Å². The summed E-state index contributed by atoms with van der Waals surface area (Å²) < 4.78 is 13.6. The molecule has 2 amide bonds. The zero-order valence-electron chi connectivity index (χ0n) is 21.8. The van der Waals surface area contributed by atoms with Crippen LogP contribution in [-0.4, -0.2) is 48.7 Å². The van der Waals surface area contributed by atoms with Crippen LogP contribution in [0.1, 0.15) is 79.8 Å². The van der Waals surface area contributed by atoms with Crippen LogP contribution in [0.4, 0.5) is 4.39 Å². The van der Waals surface area contributed by atoms with Gasteiger partial charge in [-0.1, -0.05) is 38.1 Å². The van der Waals surface area contributed by atoms with Gasteiger partial charge in [0, 0.05) is 11.1 Å². The van der Waals surface area contributed by atoms with Crippen molar-refractivity contribution in [2.24, 2.45) is 16.8 Å². The number of amides is 2. The van der Waals surface area contributed by atoms with Gasteiger partial charge in [0.1, 0.15) is 17.2 Å². The molecule has 0 bridgehead atoms. The molecule has 0 radical (unpaired) electrons. The predicted octanol–water partition coefficient (Wildman–Crippen LogP) is 4.20. The average molecular weight is 518 g/mol. The minimum Gasteiger partial charge on any atom is -0.345 e. The first-order chi connectivity index (χ1) is 18.3. The lowest BCUT2D eigenvalue weighted by Crippen LogP contribution is -2.52. The van der Waals surface area contributed by atoms with Gasteiger partial charge in [0.15, 0.2) is 5.82 Å². The average Bonchev–Trinajstić information content (AvgIpc) is 3.51. The first-order valence-electron chi connectivity index (χ1n) is 13.1. The van der Waals surface area contributed by atoms with Crippen molar-refractivity contribution in [3.8, 4) is 0 Å². The highest BCUT2D eigenvalue weighted by atomic mass is 19.1. The number of nitrogens with one attached hydrogen (secondary N) is 2. The number of hydrogen-bond acceptors (Lipinski definition) is 6. The van der Waals surface area contributed by atoms with Crippen LogP contribution in [0.3, 0.4) is 0 Å². The Balaban J connectivity index is 1.44. The second-order valence-electron chi connectivity index (χ2n) is 10.5. The van der Waals surface area contributed by atoms with Crippen LogP contribution in [0.2, 0.25) is 0 Å². The molecular weight excluding hydrogens is 485 g/mol. The molecule has 10 heteroatoms. The number of H-pyrrole nitrogens is 1. The van der Waals surface area contributed by atoms with Crippen molar-refractivity contribution in [2.45, 2.75) is 64.7 Å². The molecule has 2 unspecified atom stereocenters. The van der Waals surface area contributed by atoms with Crippen molar-refractivity contribution in [1.82, 2.24) is 30.8 Å². The summed E-state index contributed by atoms with van der Waals surface area (Å²) in [6, 6.07) is 13.1. The van der Waals surface area contributed by atoms with E-state index in [1.165, 1.54) is 12.1 Å². The molecule has 2 N–H and O–H groups in total. The summed E-state index contributed by atoms with van der Waals surface area (Å²) in [5.74, 6) is 0.485. The number of carbonyl (C=O) groups is 2. The maximum absolute atomic E-state index is 14.0. The van der Waals surface area contributed by atoms with Gasteiger partial charge in [0.25, 0.3) is 11.8 Å². The van der Waals surface area contributed by atoms with Gasteiger partial charge in [-0.3, -0.25) is 14.6 Å². The fourth-order valence-corrected chi connectivity index (χ4v) is 6.12. The van der Waals surface area contributed by atoms with E-state index >= 15 is 0 Å². The fourth-order valence-electron chi connectivity index (χ4n) is 6.12. The Labute approximate surface area is 220 Å². The molecule has 5 rings (SSSR count). The Kier molecular flexibility index (Phi) is 7.05. The number of hydrogen-bond donors (Lipinski definition) is 2. The first-order valence-corrected chi connectivity index (χ1v) is 13.1. The number of carbonyl (C=O) groups excluding carboxylic acids is 2. The SMILES string of the molecule is CC[C@H](c1ccc(C(=O)NCc2nn[nH]n2)cc1)N1C(=O)C(c2ccc(F)cc2)=NC12CC(C)CC(C)C2. The predicted molar refractivity (Wildman–Crippen MR) is 140 cm³/mol. The van der Waals surface area contributed by atoms with Gasteiger partial charge in [-0.25, -0.2) is 4.39 Å². The monoisotopic (exact) mass is 517 g/mol. The van der Waals surface area contributed by atoms with Crippen molar-refractivity contribution < 1.29 is 14.0 Å². The van der Waals surface area contributed by atoms with E-state index in [0.29, 0.717) is 40.9 Å². The number of halogens is 1. The van der Waals surface area contributed by atoms with Gasteiger partial charge >= 0.3 is 0 Å². The molecule has 0 saturated heterocycles. The third-order valence-electron chi connectivity index (χ3n) is 7.52. The van der Waals surface area contributed by atoms with Gasteiger partial charge in [-0.15, -0.1) is 10.2 Å². The molecule has 38 heavy (non-hydrogen) atoms. The first kappa shape index (κ1) is 25.7. The van der Waals surface area contributed by atoms with Gasteiger partial charge < -0.3 is 10.2 Å². The highest BCUT2D eigenvalue weighted by Gasteiger charge is 2.52. The number of aromatic amines is 1. The molecular formula is C28H32FN7O2. The van der Waals surface area contributed by atoms with Crippen LogP contribution >= 0.6 is 0 Å². The van der Waals surface area contributed by atoms with E-state index in [1.54, 1.807) is 24.3 Å². The number of rotatable bonds is 7. The number of nitrogens with zero attached hydrogens (tertiary/aromatic N) is 5. The highest BCUT2D eigenvalue weighted by molar-refractivity contribution is 6.46. The lowest BCUT2D eigenvalue weighted by atomic mass is 9.75. The molecule has 2 aromatic carbocycles. The Morgan fingerprint density at radius 3 is 2.42 bits per heavy atom. The molecule has 1 aromatic heterocycles. The number of benzene rings is 2. The third-order valence-corrected chi connectivity index (χ3v) is 7.52. The number of tetrazole rings is 1. The molecule has 1 aliphatic heterocycles. The van der Waals surface area contributed by atoms with Crippen molar-refractivity contribution in [2.75, 3.05) is 0 Å². The number of aromatic nitrogens is 4. The van der Waals surface area contributed by atoms with Gasteiger partial charge in [0.2, 0.25) is 0 Å². The maximum atomic E-state index is 14.0. The van der Waals surface area contributed by atoms with Crippen molar-refractivity contribution in [1.29, 1.82) is 0 Å². The zero-order valence-corrected chi connectivity index (χ0v) is 21.8. The van der Waals surface area contributed by atoms with E-state index in [0.717, 1.165) is 24.8 Å². The van der Waals surface area contributed by atoms with Crippen LogP contribution < -0.4 is 5.32 Å². The molecule has 2 heterocycles. The van der Waals surface area contributed by atoms with Crippen LogP contribution in [0, 0.1) is 17.7 Å². The quantitative estimate of drug-likeness (QED) is 0.487. The summed E-state index contributed by atoms with van der Waals surface area (Å²) in [6.45, 7) is 6.66. The lowest BCUT2D eigenvalue weighted by molar-refractivity contribution is -0.134. The molecule has 1 fully saturated rings. The molecule has 2 aliphatic rings. The van der Waals surface area contributed by atoms with Gasteiger partial charge in [0.05, 0.1) is 12.6 Å². The highest BCUT2D eigenvalue weighted by Crippen LogP contribution is 2.48. The minimum absolute atomic E-state index is 0.133. The normalized spacial score (nSPS) is 23.9. The van der Waals surface area contributed by atoms with Crippen LogP contribution in [0.15, 0.2) is 53.5 Å². The smallest absolute Gasteiger partial charge is 0.275 e. The summed E-state index contributed by atoms with van der Waals surface area (Å²) in [4.78, 5) is 33.8. The van der Waals surface area contributed by atoms with Gasteiger partial charge in [-0.05, 0) is 79.5 Å². The van der Waals surface area contributed by atoms with E-state index < -0.39 is 5.66 Å². The van der Waals surface area contributed by atoms with E-state index in [-0.39, 0.29) is 30.2 Å². The molecule has 9 nitrogen and oxygen atoms in total. The summed E-state index contributed by atoms with van der Waals surface area (Å²) >= 11 is 0. The largest absolute Gasteiger partial charge is 0.345 e. The number of aliphatic imine (C=N–C) groups is 1. The van der Waals surface area contributed by atoms with E-state index in [4.69, 9.17) is 4.99 Å². The van der Waals surface area contributed by atoms with Gasteiger partial charge in [-0.2, -0.15) is 5.21 Å². The van der Waals surface area contributed by atoms with E-state index in [2.05, 4.69) is 46.7 Å². The summed E-state index contributed by atoms with van der Waals surface area (Å²) in [5.41, 5.74) is 1.81. The van der Waals surface area contributed by atoms with E-state index in [9.17, 15) is 14.0 Å². The van der Waals surface area contributed by atoms with Crippen LogP contribution in [0.25, 0.3) is 0 Å². The Hall–Kier alpha value is -3.95. The van der Waals surface area contributed by atoms with Crippen LogP contribution in [0.5, 0.6) is 0 Å². The van der Waals surface area contributed by atoms with E-state index in [1.807, 2.05) is 17.0 Å². The lowest BCUT2D eigenvalue weighted by Gasteiger charge is -2.47. The minimum atomic E-state index is -0.654. The fraction of sp³-hybridized carbons (Fsp3) is 0.429. The Morgan fingerprint density at radius 2 is 1.82 bits per heavy atom. The standard InChI is InChI=1S/C28H32FN7O2/c1-4-23(19-5-7-21(8-6-19)26(37)30-16-24-32-34-35-33-24)36-27(38)25(20-9-11-22(29)12-10-20)31-28(36)14-17(2)13-18(3)15-28/h5-12,17-18,23H,4,13-16H2,1-3H3,(H,30,37)(H,32,33,34,35)/t17?,18?,23-,28?/m1/s1. The summed E-state index contributed by atoms with van der Waals surface area (Å²) in [7, 11) is 0. The van der Waals surface area contributed by atoms with Crippen molar-refractivity contribution in [3.05, 3.63) is 76.9 Å². The van der Waals surface area contributed by atoms with Crippen molar-refractivity contribution in [3.63, 3.8) is 0 Å². The Bertz CT molecular complexity index is 1310. The third kappa shape index (κ3) is 4.94.